The van der Waals surface area contributed by atoms with Gasteiger partial charge in [-0.15, -0.1) is 0 Å². The summed E-state index contributed by atoms with van der Waals surface area (Å²) in [5.74, 6) is 2.10. The van der Waals surface area contributed by atoms with Crippen LogP contribution in [0.1, 0.15) is 68.4 Å². The average Bonchev–Trinajstić information content (AvgIpc) is 3.60. The second kappa shape index (κ2) is 17.2. The predicted octanol–water partition coefficient (Wildman–Crippen LogP) is 9.37. The van der Waals surface area contributed by atoms with Crippen molar-refractivity contribution in [3.05, 3.63) is 117 Å². The molecule has 0 amide bonds. The highest BCUT2D eigenvalue weighted by Gasteiger charge is 2.14. The molecular weight excluding hydrogens is 695 g/mol. The van der Waals surface area contributed by atoms with Crippen molar-refractivity contribution in [1.82, 2.24) is 9.97 Å². The fourth-order valence-corrected chi connectivity index (χ4v) is 5.37. The molecule has 8 nitrogen and oxygen atoms in total. The first-order valence-corrected chi connectivity index (χ1v) is 16.8. The number of benzene rings is 3. The molecule has 0 aliphatic carbocycles. The molecule has 0 aliphatic heterocycles. The van der Waals surface area contributed by atoms with E-state index in [0.29, 0.717) is 43.4 Å². The van der Waals surface area contributed by atoms with E-state index >= 15 is 0 Å². The van der Waals surface area contributed by atoms with Gasteiger partial charge in [0, 0.05) is 28.8 Å². The minimum Gasteiger partial charge on any atom is -0.478 e. The van der Waals surface area contributed by atoms with Crippen molar-refractivity contribution < 1.29 is 28.2 Å². The Kier molecular flexibility index (Phi) is 13.1. The average molecular weight is 737 g/mol. The van der Waals surface area contributed by atoms with Gasteiger partial charge in [0.25, 0.3) is 0 Å². The third-order valence-corrected chi connectivity index (χ3v) is 8.13. The molecule has 0 atom stereocenters. The zero-order valence-corrected chi connectivity index (χ0v) is 29.2. The first-order chi connectivity index (χ1) is 22.2. The molecule has 0 unspecified atom stereocenters. The third kappa shape index (κ3) is 9.85. The fourth-order valence-electron chi connectivity index (χ4n) is 4.67. The van der Waals surface area contributed by atoms with E-state index < -0.39 is 5.97 Å². The van der Waals surface area contributed by atoms with Crippen LogP contribution in [0.5, 0.6) is 0 Å². The van der Waals surface area contributed by atoms with E-state index in [1.54, 1.807) is 19.1 Å². The molecule has 46 heavy (non-hydrogen) atoms. The number of halogens is 1. The molecule has 9 heteroatoms. The number of unbranched alkanes of at least 4 members (excludes halogenated alkanes) is 1. The lowest BCUT2D eigenvalue weighted by molar-refractivity contribution is 0.0682. The maximum absolute atomic E-state index is 11.4. The Bertz CT molecular complexity index is 1710. The Hall–Kier alpha value is -3.80. The maximum atomic E-state index is 11.4. The lowest BCUT2D eigenvalue weighted by atomic mass is 10.0. The van der Waals surface area contributed by atoms with Crippen LogP contribution in [-0.4, -0.2) is 34.3 Å². The minimum absolute atomic E-state index is 0.296. The van der Waals surface area contributed by atoms with Gasteiger partial charge in [0.2, 0.25) is 11.8 Å². The number of carbonyl (C=O) groups is 1. The SMILES string of the molecule is Cc1ccc(-c2nc(CI)c(C)o2)cc1.Cc1ccc(-c2nc(COCCCCOCc3cccc(C)c3C(=O)O)c(C)o2)cc1. The molecule has 0 saturated heterocycles. The van der Waals surface area contributed by atoms with Gasteiger partial charge in [-0.25, -0.2) is 14.8 Å². The number of oxazole rings is 2. The van der Waals surface area contributed by atoms with Gasteiger partial charge in [0.05, 0.1) is 24.5 Å². The van der Waals surface area contributed by atoms with E-state index in [-0.39, 0.29) is 0 Å². The maximum Gasteiger partial charge on any atom is 0.336 e. The molecule has 0 saturated carbocycles. The largest absolute Gasteiger partial charge is 0.478 e. The van der Waals surface area contributed by atoms with Crippen molar-refractivity contribution in [2.45, 2.75) is 65.1 Å². The number of aromatic nitrogens is 2. The number of aryl methyl sites for hydroxylation is 5. The molecule has 0 spiro atoms. The van der Waals surface area contributed by atoms with Crippen LogP contribution in [-0.2, 0) is 27.1 Å². The smallest absolute Gasteiger partial charge is 0.336 e. The quantitative estimate of drug-likeness (QED) is 0.0724. The molecule has 1 N–H and O–H groups in total. The predicted molar refractivity (Wildman–Crippen MR) is 187 cm³/mol. The van der Waals surface area contributed by atoms with Crippen LogP contribution in [0.15, 0.2) is 75.6 Å². The lowest BCUT2D eigenvalue weighted by Crippen LogP contribution is -2.07. The Morgan fingerprint density at radius 3 is 1.72 bits per heavy atom. The lowest BCUT2D eigenvalue weighted by Gasteiger charge is -2.09. The highest BCUT2D eigenvalue weighted by molar-refractivity contribution is 14.1. The summed E-state index contributed by atoms with van der Waals surface area (Å²) in [6.07, 6.45) is 1.68. The van der Waals surface area contributed by atoms with Crippen LogP contribution < -0.4 is 0 Å². The molecular formula is C37H41IN2O6. The number of aromatic carboxylic acids is 1. The monoisotopic (exact) mass is 736 g/mol. The van der Waals surface area contributed by atoms with Crippen molar-refractivity contribution >= 4 is 28.6 Å². The Balaban J connectivity index is 0.000000266. The van der Waals surface area contributed by atoms with Crippen LogP contribution in [0.25, 0.3) is 22.9 Å². The van der Waals surface area contributed by atoms with Gasteiger partial charge in [-0.1, -0.05) is 76.2 Å². The number of ether oxygens (including phenoxy) is 2. The first kappa shape index (κ1) is 35.1. The molecule has 0 fully saturated rings. The number of hydrogen-bond donors (Lipinski definition) is 1. The topological polar surface area (TPSA) is 108 Å². The molecule has 5 aromatic rings. The Morgan fingerprint density at radius 1 is 0.717 bits per heavy atom. The number of carboxylic acids is 1. The highest BCUT2D eigenvalue weighted by atomic mass is 127. The van der Waals surface area contributed by atoms with Crippen molar-refractivity contribution in [1.29, 1.82) is 0 Å². The fraction of sp³-hybridized carbons (Fsp3) is 0.324. The molecule has 242 valence electrons. The highest BCUT2D eigenvalue weighted by Crippen LogP contribution is 2.24. The van der Waals surface area contributed by atoms with Gasteiger partial charge in [-0.05, 0) is 82.9 Å². The Labute approximate surface area is 284 Å². The van der Waals surface area contributed by atoms with Gasteiger partial charge in [0.1, 0.15) is 17.2 Å². The van der Waals surface area contributed by atoms with Crippen molar-refractivity contribution in [3.8, 4) is 22.9 Å². The molecule has 3 aromatic carbocycles. The van der Waals surface area contributed by atoms with Gasteiger partial charge < -0.3 is 23.4 Å². The van der Waals surface area contributed by atoms with Crippen LogP contribution in [0, 0.1) is 34.6 Å². The standard InChI is InChI=1S/C25H29NO5.C12H12INO/c1-17-9-11-20(12-10-17)24-26-22(19(3)31-24)16-30-14-5-4-13-29-15-21-8-6-7-18(2)23(21)25(27)28;1-8-3-5-10(6-4-8)12-14-11(7-13)9(2)15-12/h6-12H,4-5,13-16H2,1-3H3,(H,27,28);3-6H,7H2,1-2H3. The van der Waals surface area contributed by atoms with Crippen molar-refractivity contribution in [2.75, 3.05) is 13.2 Å². The molecule has 0 aliphatic rings. The summed E-state index contributed by atoms with van der Waals surface area (Å²) < 4.78 is 23.7. The molecule has 2 aromatic heterocycles. The second-order valence-corrected chi connectivity index (χ2v) is 11.9. The van der Waals surface area contributed by atoms with Crippen LogP contribution in [0.2, 0.25) is 0 Å². The van der Waals surface area contributed by atoms with Gasteiger partial charge in [-0.3, -0.25) is 0 Å². The van der Waals surface area contributed by atoms with Crippen molar-refractivity contribution in [3.63, 3.8) is 0 Å². The van der Waals surface area contributed by atoms with E-state index in [9.17, 15) is 9.90 Å². The molecule has 0 radical (unpaired) electrons. The summed E-state index contributed by atoms with van der Waals surface area (Å²) in [6.45, 7) is 11.6. The third-order valence-electron chi connectivity index (χ3n) is 7.41. The second-order valence-electron chi connectivity index (χ2n) is 11.1. The van der Waals surface area contributed by atoms with Crippen molar-refractivity contribution in [2.24, 2.45) is 0 Å². The number of carboxylic acid groups (broad SMARTS) is 1. The van der Waals surface area contributed by atoms with Crippen LogP contribution in [0.4, 0.5) is 0 Å². The summed E-state index contributed by atoms with van der Waals surface area (Å²) in [4.78, 5) is 20.4. The van der Waals surface area contributed by atoms with E-state index in [4.69, 9.17) is 18.3 Å². The summed E-state index contributed by atoms with van der Waals surface area (Å²) in [5, 5.41) is 9.35. The molecule has 0 bridgehead atoms. The Morgan fingerprint density at radius 2 is 1.22 bits per heavy atom. The summed E-state index contributed by atoms with van der Waals surface area (Å²) in [6, 6.07) is 21.7. The van der Waals surface area contributed by atoms with Gasteiger partial charge >= 0.3 is 5.97 Å². The zero-order valence-electron chi connectivity index (χ0n) is 27.1. The number of alkyl halides is 1. The molecule has 2 heterocycles. The van der Waals surface area contributed by atoms with Crippen LogP contribution in [0.3, 0.4) is 0 Å². The van der Waals surface area contributed by atoms with E-state index in [1.165, 1.54) is 11.1 Å². The number of rotatable bonds is 13. The van der Waals surface area contributed by atoms with E-state index in [1.807, 2.05) is 63.2 Å². The summed E-state index contributed by atoms with van der Waals surface area (Å²) in [7, 11) is 0. The summed E-state index contributed by atoms with van der Waals surface area (Å²) >= 11 is 2.29. The molecule has 5 rings (SSSR count). The van der Waals surface area contributed by atoms with Gasteiger partial charge in [-0.2, -0.15) is 0 Å². The number of nitrogens with zero attached hydrogens (tertiary/aromatic N) is 2. The van der Waals surface area contributed by atoms with E-state index in [2.05, 4.69) is 51.6 Å². The first-order valence-electron chi connectivity index (χ1n) is 15.3. The normalized spacial score (nSPS) is 10.9. The van der Waals surface area contributed by atoms with E-state index in [0.717, 1.165) is 62.8 Å². The zero-order chi connectivity index (χ0) is 33.1. The minimum atomic E-state index is -0.918. The van der Waals surface area contributed by atoms with Gasteiger partial charge in [0.15, 0.2) is 0 Å². The summed E-state index contributed by atoms with van der Waals surface area (Å²) in [5.41, 5.74) is 8.07. The number of hydrogen-bond acceptors (Lipinski definition) is 7. The van der Waals surface area contributed by atoms with Crippen LogP contribution >= 0.6 is 22.6 Å².